The Morgan fingerprint density at radius 2 is 2.08 bits per heavy atom. The van der Waals surface area contributed by atoms with E-state index in [4.69, 9.17) is 5.73 Å². The van der Waals surface area contributed by atoms with E-state index in [2.05, 4.69) is 5.32 Å². The molecule has 3 aromatic rings. The Hall–Kier alpha value is -2.60. The number of rotatable bonds is 4. The van der Waals surface area contributed by atoms with Gasteiger partial charge in [-0.2, -0.15) is 0 Å². The third-order valence-corrected chi connectivity index (χ3v) is 5.42. The van der Waals surface area contributed by atoms with Crippen molar-refractivity contribution in [1.29, 1.82) is 0 Å². The van der Waals surface area contributed by atoms with Crippen LogP contribution in [0.2, 0.25) is 0 Å². The Labute approximate surface area is 142 Å². The summed E-state index contributed by atoms with van der Waals surface area (Å²) in [7, 11) is 0. The number of nitrogens with two attached hydrogens (primary N) is 1. The molecule has 0 spiro atoms. The highest BCUT2D eigenvalue weighted by atomic mass is 32.1. The number of benzene rings is 1. The van der Waals surface area contributed by atoms with Crippen molar-refractivity contribution < 1.29 is 4.79 Å². The molecule has 1 saturated carbocycles. The predicted octanol–water partition coefficient (Wildman–Crippen LogP) is 3.55. The van der Waals surface area contributed by atoms with Crippen molar-refractivity contribution in [3.05, 3.63) is 57.2 Å². The highest BCUT2D eigenvalue weighted by Gasteiger charge is 2.28. The van der Waals surface area contributed by atoms with Crippen LogP contribution in [0.3, 0.4) is 0 Å². The molecule has 122 valence electrons. The number of nitrogens with one attached hydrogen (secondary N) is 1. The summed E-state index contributed by atoms with van der Waals surface area (Å²) in [6.07, 6.45) is 2.01. The molecule has 0 saturated heterocycles. The first kappa shape index (κ1) is 15.0. The van der Waals surface area contributed by atoms with Crippen molar-refractivity contribution in [3.8, 4) is 0 Å². The van der Waals surface area contributed by atoms with E-state index >= 15 is 0 Å². The van der Waals surface area contributed by atoms with Gasteiger partial charge in [0.05, 0.1) is 5.69 Å². The molecule has 4 rings (SSSR count). The molecule has 2 heterocycles. The number of thiophene rings is 1. The normalized spacial score (nSPS) is 14.0. The molecule has 1 fully saturated rings. The lowest BCUT2D eigenvalue weighted by Crippen LogP contribution is -2.16. The molecule has 0 bridgehead atoms. The van der Waals surface area contributed by atoms with Gasteiger partial charge in [0.1, 0.15) is 9.71 Å². The third kappa shape index (κ3) is 2.49. The molecule has 5 nitrogen and oxygen atoms in total. The third-order valence-electron chi connectivity index (χ3n) is 4.20. The van der Waals surface area contributed by atoms with Crippen LogP contribution in [-0.4, -0.2) is 10.5 Å². The van der Waals surface area contributed by atoms with Gasteiger partial charge in [0, 0.05) is 23.2 Å². The minimum Gasteiger partial charge on any atom is -0.365 e. The summed E-state index contributed by atoms with van der Waals surface area (Å²) in [6.45, 7) is 2.01. The molecule has 0 radical (unpaired) electrons. The zero-order chi connectivity index (χ0) is 16.8. The molecule has 0 atom stereocenters. The average Bonchev–Trinajstić information content (AvgIpc) is 3.29. The average molecular weight is 339 g/mol. The molecular weight excluding hydrogens is 322 g/mol. The van der Waals surface area contributed by atoms with E-state index in [9.17, 15) is 9.59 Å². The van der Waals surface area contributed by atoms with Crippen LogP contribution in [0.15, 0.2) is 41.2 Å². The first-order chi connectivity index (χ1) is 11.5. The lowest BCUT2D eigenvalue weighted by Gasteiger charge is -2.09. The highest BCUT2D eigenvalue weighted by Crippen LogP contribution is 2.42. The quantitative estimate of drug-likeness (QED) is 0.763. The van der Waals surface area contributed by atoms with E-state index in [0.717, 1.165) is 34.3 Å². The van der Waals surface area contributed by atoms with E-state index in [1.807, 2.05) is 31.2 Å². The molecule has 1 aliphatic rings. The van der Waals surface area contributed by atoms with Crippen LogP contribution in [0, 0.1) is 6.92 Å². The Morgan fingerprint density at radius 3 is 2.75 bits per heavy atom. The zero-order valence-corrected chi connectivity index (χ0v) is 14.0. The topological polar surface area (TPSA) is 77.1 Å². The lowest BCUT2D eigenvalue weighted by atomic mass is 10.2. The van der Waals surface area contributed by atoms with Gasteiger partial charge in [-0.1, -0.05) is 12.1 Å². The molecule has 1 aliphatic carbocycles. The number of fused-ring (bicyclic) bond motifs is 1. The van der Waals surface area contributed by atoms with Crippen LogP contribution in [0.4, 0.5) is 11.4 Å². The van der Waals surface area contributed by atoms with E-state index in [1.54, 1.807) is 16.7 Å². The van der Waals surface area contributed by atoms with Crippen LogP contribution in [-0.2, 0) is 0 Å². The minimum atomic E-state index is -0.485. The van der Waals surface area contributed by atoms with Crippen LogP contribution in [0.1, 0.15) is 34.1 Å². The summed E-state index contributed by atoms with van der Waals surface area (Å²) in [4.78, 5) is 25.4. The van der Waals surface area contributed by atoms with Crippen LogP contribution < -0.4 is 16.6 Å². The number of hydrogen-bond acceptors (Lipinski definition) is 4. The SMILES string of the molecule is Cc1cccc(Nc2c(C(N)=O)sc3c2ccc(=O)n3C2CC2)c1. The van der Waals surface area contributed by atoms with Crippen molar-refractivity contribution in [2.75, 3.05) is 5.32 Å². The number of aromatic nitrogens is 1. The molecular formula is C18H17N3O2S. The largest absolute Gasteiger partial charge is 0.365 e. The number of amides is 1. The summed E-state index contributed by atoms with van der Waals surface area (Å²) in [5, 5.41) is 4.18. The summed E-state index contributed by atoms with van der Waals surface area (Å²) in [6, 6.07) is 11.5. The molecule has 1 amide bonds. The van der Waals surface area contributed by atoms with Crippen molar-refractivity contribution in [1.82, 2.24) is 4.57 Å². The van der Waals surface area contributed by atoms with Gasteiger partial charge >= 0.3 is 0 Å². The van der Waals surface area contributed by atoms with Gasteiger partial charge in [0.15, 0.2) is 0 Å². The Kier molecular flexibility index (Phi) is 3.42. The van der Waals surface area contributed by atoms with E-state index in [0.29, 0.717) is 10.6 Å². The number of pyridine rings is 1. The summed E-state index contributed by atoms with van der Waals surface area (Å²) < 4.78 is 1.80. The monoisotopic (exact) mass is 339 g/mol. The standard InChI is InChI=1S/C18H17N3O2S/c1-10-3-2-4-11(9-10)20-15-13-7-8-14(22)21(12-5-6-12)18(13)24-16(15)17(19)23/h2-4,7-9,12,20H,5-6H2,1H3,(H2,19,23). The molecule has 2 aromatic heterocycles. The molecule has 3 N–H and O–H groups in total. The van der Waals surface area contributed by atoms with Gasteiger partial charge in [-0.05, 0) is 43.5 Å². The highest BCUT2D eigenvalue weighted by molar-refractivity contribution is 7.21. The Bertz CT molecular complexity index is 1010. The first-order valence-electron chi connectivity index (χ1n) is 7.86. The first-order valence-corrected chi connectivity index (χ1v) is 8.68. The second-order valence-electron chi connectivity index (χ2n) is 6.16. The van der Waals surface area contributed by atoms with Gasteiger partial charge in [0.25, 0.3) is 11.5 Å². The van der Waals surface area contributed by atoms with Gasteiger partial charge < -0.3 is 11.1 Å². The maximum absolute atomic E-state index is 12.2. The molecule has 1 aromatic carbocycles. The zero-order valence-electron chi connectivity index (χ0n) is 13.2. The van der Waals surface area contributed by atoms with Crippen molar-refractivity contribution in [2.24, 2.45) is 5.73 Å². The summed E-state index contributed by atoms with van der Waals surface area (Å²) >= 11 is 1.29. The van der Waals surface area contributed by atoms with Gasteiger partial charge in [-0.25, -0.2) is 0 Å². The van der Waals surface area contributed by atoms with Crippen molar-refractivity contribution in [2.45, 2.75) is 25.8 Å². The molecule has 0 aliphatic heterocycles. The smallest absolute Gasteiger partial charge is 0.261 e. The number of anilines is 2. The van der Waals surface area contributed by atoms with Crippen LogP contribution in [0.25, 0.3) is 10.2 Å². The number of carbonyl (C=O) groups excluding carboxylic acids is 1. The number of primary amides is 1. The predicted molar refractivity (Wildman–Crippen MR) is 97.3 cm³/mol. The van der Waals surface area contributed by atoms with E-state index in [-0.39, 0.29) is 11.6 Å². The number of aryl methyl sites for hydroxylation is 1. The second kappa shape index (κ2) is 5.49. The fraction of sp³-hybridized carbons (Fsp3) is 0.222. The fourth-order valence-corrected chi connectivity index (χ4v) is 4.12. The maximum atomic E-state index is 12.2. The molecule has 24 heavy (non-hydrogen) atoms. The van der Waals surface area contributed by atoms with Gasteiger partial charge in [0.2, 0.25) is 0 Å². The van der Waals surface area contributed by atoms with Gasteiger partial charge in [-0.15, -0.1) is 11.3 Å². The summed E-state index contributed by atoms with van der Waals surface area (Å²) in [5.74, 6) is -0.485. The molecule has 6 heteroatoms. The number of carbonyl (C=O) groups is 1. The maximum Gasteiger partial charge on any atom is 0.261 e. The van der Waals surface area contributed by atoms with Crippen molar-refractivity contribution >= 4 is 38.8 Å². The van der Waals surface area contributed by atoms with Crippen molar-refractivity contribution in [3.63, 3.8) is 0 Å². The molecule has 0 unspecified atom stereocenters. The lowest BCUT2D eigenvalue weighted by molar-refractivity contribution is 0.100. The van der Waals surface area contributed by atoms with Crippen LogP contribution >= 0.6 is 11.3 Å². The van der Waals surface area contributed by atoms with Gasteiger partial charge in [-0.3, -0.25) is 14.2 Å². The number of hydrogen-bond donors (Lipinski definition) is 2. The Morgan fingerprint density at radius 1 is 1.29 bits per heavy atom. The fourth-order valence-electron chi connectivity index (χ4n) is 2.94. The van der Waals surface area contributed by atoms with Crippen LogP contribution in [0.5, 0.6) is 0 Å². The number of nitrogens with zero attached hydrogens (tertiary/aromatic N) is 1. The second-order valence-corrected chi connectivity index (χ2v) is 7.16. The summed E-state index contributed by atoms with van der Waals surface area (Å²) in [5.41, 5.74) is 8.26. The Balaban J connectivity index is 1.93. The minimum absolute atomic E-state index is 0.0237. The van der Waals surface area contributed by atoms with E-state index in [1.165, 1.54) is 11.3 Å². The van der Waals surface area contributed by atoms with E-state index < -0.39 is 5.91 Å².